The topological polar surface area (TPSA) is 55.4 Å². The molecule has 3 aromatic rings. The minimum atomic E-state index is -1.93. The molecule has 0 unspecified atom stereocenters. The van der Waals surface area contributed by atoms with Crippen molar-refractivity contribution >= 4 is 22.0 Å². The molecule has 6 nitrogen and oxygen atoms in total. The van der Waals surface area contributed by atoms with E-state index in [4.69, 9.17) is 27.7 Å². The molecule has 0 atom stereocenters. The summed E-state index contributed by atoms with van der Waals surface area (Å²) in [5.41, 5.74) is 0. The molecule has 0 N–H and O–H groups in total. The van der Waals surface area contributed by atoms with E-state index in [-0.39, 0.29) is 0 Å². The van der Waals surface area contributed by atoms with Gasteiger partial charge in [0.15, 0.2) is 34.9 Å². The number of benzene rings is 3. The number of halogens is 6. The van der Waals surface area contributed by atoms with Crippen LogP contribution in [-0.4, -0.2) is 22.0 Å². The van der Waals surface area contributed by atoms with E-state index >= 15 is 0 Å². The zero-order valence-electron chi connectivity index (χ0n) is 16.1. The van der Waals surface area contributed by atoms with E-state index in [0.29, 0.717) is 0 Å². The Bertz CT molecular complexity index is 1010. The Morgan fingerprint density at radius 1 is 0.455 bits per heavy atom. The first-order valence-corrected chi connectivity index (χ1v) is 9.10. The predicted octanol–water partition coefficient (Wildman–Crippen LogP) is 4.08. The van der Waals surface area contributed by atoms with Crippen LogP contribution in [0.5, 0.6) is 17.2 Å². The monoisotopic (exact) mass is 468 g/mol. The normalized spacial score (nSPS) is 13.8. The lowest BCUT2D eigenvalue weighted by atomic mass is 9.96. The Balaban J connectivity index is 1.57. The van der Waals surface area contributed by atoms with Gasteiger partial charge in [0.25, 0.3) is 0 Å². The maximum Gasteiger partial charge on any atom is 0.690 e. The summed E-state index contributed by atoms with van der Waals surface area (Å²) in [6.45, 7) is 0. The Kier molecular flexibility index (Phi) is 6.72. The van der Waals surface area contributed by atoms with Crippen LogP contribution in [0.2, 0.25) is 0 Å². The zero-order valence-corrected chi connectivity index (χ0v) is 16.1. The second kappa shape index (κ2) is 9.69. The first-order chi connectivity index (χ1) is 15.8. The highest BCUT2D eigenvalue weighted by atomic mass is 19.2. The van der Waals surface area contributed by atoms with Gasteiger partial charge in [-0.15, -0.1) is 0 Å². The molecule has 0 spiro atoms. The smallest absolute Gasteiger partial charge is 0.511 e. The summed E-state index contributed by atoms with van der Waals surface area (Å²) in [5.74, 6) is -9.89. The van der Waals surface area contributed by atoms with Crippen LogP contribution in [-0.2, 0) is 13.7 Å². The summed E-state index contributed by atoms with van der Waals surface area (Å²) in [7, 11) is -5.80. The van der Waals surface area contributed by atoms with E-state index in [0.717, 1.165) is 54.6 Å². The molecule has 0 amide bonds. The van der Waals surface area contributed by atoms with Gasteiger partial charge in [-0.2, -0.15) is 13.2 Å². The summed E-state index contributed by atoms with van der Waals surface area (Å²) in [6.07, 6.45) is 0. The molecule has 0 radical (unpaired) electrons. The van der Waals surface area contributed by atoms with Crippen LogP contribution in [0.3, 0.4) is 0 Å². The molecule has 1 fully saturated rings. The zero-order chi connectivity index (χ0) is 23.5. The summed E-state index contributed by atoms with van der Waals surface area (Å²) in [5, 5.41) is 0. The van der Waals surface area contributed by atoms with E-state index in [1.807, 2.05) is 0 Å². The fourth-order valence-corrected chi connectivity index (χ4v) is 2.57. The minimum Gasteiger partial charge on any atom is -0.511 e. The van der Waals surface area contributed by atoms with Gasteiger partial charge in [-0.1, -0.05) is 18.2 Å². The van der Waals surface area contributed by atoms with Crippen molar-refractivity contribution in [3.8, 4) is 17.2 Å². The van der Waals surface area contributed by atoms with Crippen molar-refractivity contribution in [2.24, 2.45) is 0 Å². The van der Waals surface area contributed by atoms with Gasteiger partial charge in [0, 0.05) is 0 Å². The van der Waals surface area contributed by atoms with Crippen LogP contribution in [0.1, 0.15) is 0 Å². The third kappa shape index (κ3) is 5.21. The third-order valence-corrected chi connectivity index (χ3v) is 4.08. The van der Waals surface area contributed by atoms with Crippen LogP contribution in [0.25, 0.3) is 0 Å². The van der Waals surface area contributed by atoms with E-state index in [1.165, 1.54) is 0 Å². The van der Waals surface area contributed by atoms with Crippen molar-refractivity contribution in [3.63, 3.8) is 0 Å². The van der Waals surface area contributed by atoms with Gasteiger partial charge in [-0.05, 0) is 36.4 Å². The predicted molar refractivity (Wildman–Crippen MR) is 101 cm³/mol. The fourth-order valence-electron chi connectivity index (χ4n) is 2.57. The highest BCUT2D eigenvalue weighted by molar-refractivity contribution is 6.67. The SMILES string of the molecule is Fc1cccc(OB2OB(Oc3cccc(F)c3F)OB(Oc3cccc(F)c3F)O2)c1F. The quantitative estimate of drug-likeness (QED) is 0.402. The Morgan fingerprint density at radius 2 is 0.727 bits per heavy atom. The van der Waals surface area contributed by atoms with Gasteiger partial charge in [-0.25, -0.2) is 13.2 Å². The molecule has 1 heterocycles. The van der Waals surface area contributed by atoms with Crippen LogP contribution in [0.4, 0.5) is 26.3 Å². The molecule has 3 aromatic carbocycles. The van der Waals surface area contributed by atoms with E-state index in [2.05, 4.69) is 0 Å². The standard InChI is InChI=1S/C18H9B3F6O6/c22-10-4-1-7-13(16(10)25)28-19-31-20(29-14-8-2-5-11(23)17(14)26)33-21(32-19)30-15-9-3-6-12(24)18(15)27/h1-9H. The van der Waals surface area contributed by atoms with Crippen molar-refractivity contribution in [1.82, 2.24) is 0 Å². The van der Waals surface area contributed by atoms with Gasteiger partial charge in [-0.3, -0.25) is 0 Å². The molecule has 0 aliphatic carbocycles. The largest absolute Gasteiger partial charge is 0.690 e. The molecule has 0 bridgehead atoms. The molecular weight excluding hydrogens is 459 g/mol. The molecule has 0 aromatic heterocycles. The van der Waals surface area contributed by atoms with Crippen LogP contribution in [0, 0.1) is 34.9 Å². The Labute approximate surface area is 183 Å². The lowest BCUT2D eigenvalue weighted by molar-refractivity contribution is 0.141. The van der Waals surface area contributed by atoms with Crippen molar-refractivity contribution in [1.29, 1.82) is 0 Å². The van der Waals surface area contributed by atoms with Gasteiger partial charge in [0.05, 0.1) is 0 Å². The van der Waals surface area contributed by atoms with E-state index < -0.39 is 74.1 Å². The maximum atomic E-state index is 14.0. The van der Waals surface area contributed by atoms with E-state index in [1.54, 1.807) is 0 Å². The molecule has 1 saturated heterocycles. The Hall–Kier alpha value is -3.29. The molecule has 4 rings (SSSR count). The van der Waals surface area contributed by atoms with Gasteiger partial charge < -0.3 is 27.7 Å². The maximum absolute atomic E-state index is 14.0. The average molecular weight is 468 g/mol. The minimum absolute atomic E-state index is 0.659. The number of hydrogen-bond donors (Lipinski definition) is 0. The lowest BCUT2D eigenvalue weighted by Gasteiger charge is -2.28. The third-order valence-electron chi connectivity index (χ3n) is 4.08. The van der Waals surface area contributed by atoms with Crippen LogP contribution in [0.15, 0.2) is 54.6 Å². The number of hydrogen-bond acceptors (Lipinski definition) is 6. The van der Waals surface area contributed by atoms with Crippen molar-refractivity contribution < 1.29 is 54.0 Å². The van der Waals surface area contributed by atoms with Gasteiger partial charge >= 0.3 is 22.0 Å². The van der Waals surface area contributed by atoms with Gasteiger partial charge in [0.1, 0.15) is 17.2 Å². The molecule has 0 saturated carbocycles. The Morgan fingerprint density at radius 3 is 1.00 bits per heavy atom. The molecular formula is C18H9B3F6O6. The lowest BCUT2D eigenvalue weighted by Crippen LogP contribution is -2.56. The van der Waals surface area contributed by atoms with Crippen LogP contribution < -0.4 is 14.0 Å². The highest BCUT2D eigenvalue weighted by Crippen LogP contribution is 2.26. The highest BCUT2D eigenvalue weighted by Gasteiger charge is 2.51. The first-order valence-electron chi connectivity index (χ1n) is 9.10. The summed E-state index contributed by atoms with van der Waals surface area (Å²) in [4.78, 5) is 0. The summed E-state index contributed by atoms with van der Waals surface area (Å²) >= 11 is 0. The number of rotatable bonds is 6. The average Bonchev–Trinajstić information content (AvgIpc) is 2.78. The molecule has 15 heteroatoms. The van der Waals surface area contributed by atoms with E-state index in [9.17, 15) is 26.3 Å². The van der Waals surface area contributed by atoms with Gasteiger partial charge in [0.2, 0.25) is 0 Å². The second-order valence-electron chi connectivity index (χ2n) is 6.28. The molecule has 168 valence electrons. The van der Waals surface area contributed by atoms with Crippen molar-refractivity contribution in [3.05, 3.63) is 89.5 Å². The summed E-state index contributed by atoms with van der Waals surface area (Å²) in [6, 6.07) is 8.94. The first kappa shape index (κ1) is 22.9. The van der Waals surface area contributed by atoms with Crippen LogP contribution >= 0.6 is 0 Å². The summed E-state index contributed by atoms with van der Waals surface area (Å²) < 4.78 is 113. The molecule has 1 aliphatic rings. The van der Waals surface area contributed by atoms with Crippen molar-refractivity contribution in [2.75, 3.05) is 0 Å². The fraction of sp³-hybridized carbons (Fsp3) is 0. The second-order valence-corrected chi connectivity index (χ2v) is 6.28. The molecule has 33 heavy (non-hydrogen) atoms. The molecule has 1 aliphatic heterocycles. The van der Waals surface area contributed by atoms with Crippen molar-refractivity contribution in [2.45, 2.75) is 0 Å².